The molecule has 0 bridgehead atoms. The van der Waals surface area contributed by atoms with Gasteiger partial charge in [0.25, 0.3) is 0 Å². The van der Waals surface area contributed by atoms with Gasteiger partial charge in [-0.2, -0.15) is 0 Å². The summed E-state index contributed by atoms with van der Waals surface area (Å²) in [5, 5.41) is 13.2. The summed E-state index contributed by atoms with van der Waals surface area (Å²) in [6.45, 7) is 6.42. The van der Waals surface area contributed by atoms with Crippen LogP contribution in [0.25, 0.3) is 0 Å². The molecule has 2 amide bonds. The Hall–Kier alpha value is -0.770. The van der Waals surface area contributed by atoms with Gasteiger partial charge in [-0.05, 0) is 31.1 Å². The fourth-order valence-electron chi connectivity index (χ4n) is 2.57. The minimum atomic E-state index is -0.656. The van der Waals surface area contributed by atoms with E-state index in [4.69, 9.17) is 0 Å². The van der Waals surface area contributed by atoms with E-state index in [-0.39, 0.29) is 6.03 Å². The molecule has 2 N–H and O–H groups in total. The van der Waals surface area contributed by atoms with Crippen molar-refractivity contribution in [3.63, 3.8) is 0 Å². The van der Waals surface area contributed by atoms with Gasteiger partial charge in [0.2, 0.25) is 0 Å². The second kappa shape index (κ2) is 3.91. The highest BCUT2D eigenvalue weighted by atomic mass is 16.3. The van der Waals surface area contributed by atoms with E-state index in [9.17, 15) is 9.90 Å². The van der Waals surface area contributed by atoms with Gasteiger partial charge < -0.3 is 15.3 Å². The summed E-state index contributed by atoms with van der Waals surface area (Å²) in [5.41, 5.74) is -0.309. The third-order valence-electron chi connectivity index (χ3n) is 3.96. The van der Waals surface area contributed by atoms with Crippen molar-refractivity contribution in [2.45, 2.75) is 45.1 Å². The molecule has 1 aliphatic heterocycles. The largest absolute Gasteiger partial charge is 0.388 e. The molecule has 0 unspecified atom stereocenters. The predicted molar refractivity (Wildman–Crippen MR) is 62.2 cm³/mol. The molecule has 1 heterocycles. The number of nitrogens with one attached hydrogen (secondary N) is 1. The number of carbonyl (C=O) groups is 1. The molecule has 1 saturated heterocycles. The molecular weight excluding hydrogens is 204 g/mol. The van der Waals surface area contributed by atoms with Gasteiger partial charge in [0, 0.05) is 13.1 Å². The number of amides is 2. The van der Waals surface area contributed by atoms with E-state index in [0.717, 1.165) is 32.2 Å². The van der Waals surface area contributed by atoms with Crippen LogP contribution >= 0.6 is 0 Å². The van der Waals surface area contributed by atoms with Crippen molar-refractivity contribution in [2.24, 2.45) is 5.41 Å². The van der Waals surface area contributed by atoms with Crippen LogP contribution in [0, 0.1) is 5.41 Å². The van der Waals surface area contributed by atoms with E-state index >= 15 is 0 Å². The summed E-state index contributed by atoms with van der Waals surface area (Å²) in [6.07, 6.45) is 3.70. The van der Waals surface area contributed by atoms with E-state index < -0.39 is 5.60 Å². The molecule has 2 rings (SSSR count). The lowest BCUT2D eigenvalue weighted by Gasteiger charge is -2.41. The first-order valence-corrected chi connectivity index (χ1v) is 6.16. The van der Waals surface area contributed by atoms with E-state index in [2.05, 4.69) is 19.2 Å². The fourth-order valence-corrected chi connectivity index (χ4v) is 2.57. The zero-order chi connectivity index (χ0) is 11.8. The molecule has 1 aliphatic carbocycles. The molecule has 0 atom stereocenters. The SMILES string of the molecule is CC1(C)CCC(O)(CN2CCNC2=O)CC1. The molecule has 2 aliphatic rings. The maximum absolute atomic E-state index is 11.4. The van der Waals surface area contributed by atoms with E-state index in [1.165, 1.54) is 0 Å². The van der Waals surface area contributed by atoms with Crippen molar-refractivity contribution in [2.75, 3.05) is 19.6 Å². The molecule has 0 aromatic carbocycles. The zero-order valence-electron chi connectivity index (χ0n) is 10.3. The van der Waals surface area contributed by atoms with Crippen molar-refractivity contribution in [1.29, 1.82) is 0 Å². The van der Waals surface area contributed by atoms with Crippen molar-refractivity contribution >= 4 is 6.03 Å². The van der Waals surface area contributed by atoms with Gasteiger partial charge in [0.05, 0.1) is 12.1 Å². The normalized spacial score (nSPS) is 27.9. The summed E-state index contributed by atoms with van der Waals surface area (Å²) in [4.78, 5) is 13.2. The third kappa shape index (κ3) is 2.48. The van der Waals surface area contributed by atoms with Gasteiger partial charge in [-0.1, -0.05) is 13.8 Å². The van der Waals surface area contributed by atoms with Gasteiger partial charge in [-0.3, -0.25) is 0 Å². The van der Waals surface area contributed by atoms with E-state index in [1.54, 1.807) is 4.90 Å². The lowest BCUT2D eigenvalue weighted by Crippen LogP contribution is -2.47. The smallest absolute Gasteiger partial charge is 0.317 e. The van der Waals surface area contributed by atoms with Crippen LogP contribution in [-0.4, -0.2) is 41.3 Å². The Morgan fingerprint density at radius 1 is 1.31 bits per heavy atom. The summed E-state index contributed by atoms with van der Waals surface area (Å²) in [7, 11) is 0. The first-order chi connectivity index (χ1) is 7.40. The topological polar surface area (TPSA) is 52.6 Å². The lowest BCUT2D eigenvalue weighted by molar-refractivity contribution is -0.0398. The Kier molecular flexibility index (Phi) is 2.86. The van der Waals surface area contributed by atoms with Gasteiger partial charge in [0.1, 0.15) is 0 Å². The minimum Gasteiger partial charge on any atom is -0.388 e. The van der Waals surface area contributed by atoms with Crippen molar-refractivity contribution in [1.82, 2.24) is 10.2 Å². The van der Waals surface area contributed by atoms with Crippen LogP contribution in [-0.2, 0) is 0 Å². The van der Waals surface area contributed by atoms with Crippen LogP contribution in [0.5, 0.6) is 0 Å². The Morgan fingerprint density at radius 2 is 1.94 bits per heavy atom. The quantitative estimate of drug-likeness (QED) is 0.746. The van der Waals surface area contributed by atoms with Crippen LogP contribution in [0.2, 0.25) is 0 Å². The second-order valence-corrected chi connectivity index (χ2v) is 6.04. The Labute approximate surface area is 97.0 Å². The Bertz CT molecular complexity index is 279. The summed E-state index contributed by atoms with van der Waals surface area (Å²) < 4.78 is 0. The molecule has 4 nitrogen and oxygen atoms in total. The number of carbonyl (C=O) groups excluding carboxylic acids is 1. The molecule has 92 valence electrons. The Morgan fingerprint density at radius 3 is 2.44 bits per heavy atom. The fraction of sp³-hybridized carbons (Fsp3) is 0.917. The first-order valence-electron chi connectivity index (χ1n) is 6.16. The maximum atomic E-state index is 11.4. The van der Waals surface area contributed by atoms with Crippen LogP contribution < -0.4 is 5.32 Å². The molecular formula is C12H22N2O2. The van der Waals surface area contributed by atoms with Gasteiger partial charge in [0.15, 0.2) is 0 Å². The molecule has 0 aromatic rings. The average Bonchev–Trinajstić information content (AvgIpc) is 2.58. The molecule has 4 heteroatoms. The summed E-state index contributed by atoms with van der Waals surface area (Å²) >= 11 is 0. The van der Waals surface area contributed by atoms with Crippen LogP contribution in [0.1, 0.15) is 39.5 Å². The highest BCUT2D eigenvalue weighted by molar-refractivity contribution is 5.76. The Balaban J connectivity index is 1.92. The number of hydrogen-bond donors (Lipinski definition) is 2. The number of β-amino-alcohol motifs (C(OH)–C–C–N with tert-alkyl or cyclic N) is 1. The average molecular weight is 226 g/mol. The van der Waals surface area contributed by atoms with Crippen molar-refractivity contribution in [3.8, 4) is 0 Å². The van der Waals surface area contributed by atoms with Gasteiger partial charge in [-0.25, -0.2) is 4.79 Å². The van der Waals surface area contributed by atoms with Crippen molar-refractivity contribution in [3.05, 3.63) is 0 Å². The molecule has 2 fully saturated rings. The predicted octanol–water partition coefficient (Wildman–Crippen LogP) is 1.34. The number of urea groups is 1. The standard InChI is InChI=1S/C12H22N2O2/c1-11(2)3-5-12(16,6-4-11)9-14-8-7-13-10(14)15/h16H,3-9H2,1-2H3,(H,13,15). The lowest BCUT2D eigenvalue weighted by atomic mass is 9.71. The van der Waals surface area contributed by atoms with E-state index in [0.29, 0.717) is 18.5 Å². The third-order valence-corrected chi connectivity index (χ3v) is 3.96. The van der Waals surface area contributed by atoms with E-state index in [1.807, 2.05) is 0 Å². The van der Waals surface area contributed by atoms with Gasteiger partial charge in [-0.15, -0.1) is 0 Å². The second-order valence-electron chi connectivity index (χ2n) is 6.04. The minimum absolute atomic E-state index is 0.0294. The number of hydrogen-bond acceptors (Lipinski definition) is 2. The maximum Gasteiger partial charge on any atom is 0.317 e. The zero-order valence-corrected chi connectivity index (χ0v) is 10.3. The summed E-state index contributed by atoms with van der Waals surface area (Å²) in [6, 6.07) is -0.0294. The first kappa shape index (κ1) is 11.7. The molecule has 0 spiro atoms. The van der Waals surface area contributed by atoms with Crippen LogP contribution in [0.3, 0.4) is 0 Å². The number of nitrogens with zero attached hydrogens (tertiary/aromatic N) is 1. The highest BCUT2D eigenvalue weighted by Crippen LogP contribution is 2.40. The molecule has 16 heavy (non-hydrogen) atoms. The van der Waals surface area contributed by atoms with Gasteiger partial charge >= 0.3 is 6.03 Å². The van der Waals surface area contributed by atoms with Crippen molar-refractivity contribution < 1.29 is 9.90 Å². The summed E-state index contributed by atoms with van der Waals surface area (Å²) in [5.74, 6) is 0. The number of rotatable bonds is 2. The highest BCUT2D eigenvalue weighted by Gasteiger charge is 2.39. The molecule has 1 saturated carbocycles. The molecule has 0 aromatic heterocycles. The monoisotopic (exact) mass is 226 g/mol. The number of aliphatic hydroxyl groups is 1. The molecule has 0 radical (unpaired) electrons. The van der Waals surface area contributed by atoms with Crippen LogP contribution in [0.15, 0.2) is 0 Å². The van der Waals surface area contributed by atoms with Crippen LogP contribution in [0.4, 0.5) is 4.79 Å².